The molecule has 0 unspecified atom stereocenters. The van der Waals surface area contributed by atoms with Gasteiger partial charge < -0.3 is 0 Å². The second kappa shape index (κ2) is 8.04. The summed E-state index contributed by atoms with van der Waals surface area (Å²) in [5.41, 5.74) is 3.42. The van der Waals surface area contributed by atoms with Crippen LogP contribution in [0.5, 0.6) is 5.75 Å². The maximum atomic E-state index is 5.56. The number of rotatable bonds is 1. The monoisotopic (exact) mass is 400 g/mol. The lowest BCUT2D eigenvalue weighted by Crippen LogP contribution is -1.99. The van der Waals surface area contributed by atoms with Crippen molar-refractivity contribution >= 4 is 33.6 Å². The molecular weight excluding hydrogens is 388 g/mol. The number of hydrogen-bond donors (Lipinski definition) is 0. The van der Waals surface area contributed by atoms with E-state index in [1.54, 1.807) is 6.08 Å². The Morgan fingerprint density at radius 2 is 1.38 bits per heavy atom. The van der Waals surface area contributed by atoms with Crippen LogP contribution in [0.4, 0.5) is 0 Å². The van der Waals surface area contributed by atoms with Crippen molar-refractivity contribution in [2.45, 2.75) is 0 Å². The van der Waals surface area contributed by atoms with Crippen LogP contribution in [-0.4, -0.2) is 0 Å². The van der Waals surface area contributed by atoms with Gasteiger partial charge in [0.05, 0.1) is 0 Å². The summed E-state index contributed by atoms with van der Waals surface area (Å²) in [5, 5.41) is 0.253. The molecule has 0 aromatic heterocycles. The Morgan fingerprint density at radius 3 is 2.17 bits per heavy atom. The van der Waals surface area contributed by atoms with Gasteiger partial charge in [0.1, 0.15) is 0 Å². The van der Waals surface area contributed by atoms with Gasteiger partial charge in [-0.3, -0.25) is 9.78 Å². The van der Waals surface area contributed by atoms with Gasteiger partial charge >= 0.3 is 0 Å². The zero-order valence-corrected chi connectivity index (χ0v) is 15.0. The highest BCUT2D eigenvalue weighted by Gasteiger charge is 2.09. The Bertz CT molecular complexity index is 847. The Kier molecular flexibility index (Phi) is 5.57. The third-order valence-corrected chi connectivity index (χ3v) is 4.22. The van der Waals surface area contributed by atoms with Gasteiger partial charge in [-0.2, -0.15) is 0 Å². The molecule has 0 bridgehead atoms. The lowest BCUT2D eigenvalue weighted by Gasteiger charge is -2.11. The molecule has 0 N–H and O–H groups in total. The number of fused-ring (bicyclic) bond motifs is 1. The molecule has 1 aliphatic rings. The molecule has 0 spiro atoms. The molecule has 4 heteroatoms. The minimum atomic E-state index is 0.253. The van der Waals surface area contributed by atoms with Gasteiger partial charge in [0, 0.05) is 16.1 Å². The fraction of sp³-hybridized carbons (Fsp3) is 0. The standard InChI is InChI=1S/C12H9Br.C8H5ClO2/c13-12-9-5-4-8-11(12)10-6-2-1-3-7-10;9-8-5-6-3-1-2-4-7(6)10-11-8/h1-9H;1-5H. The molecule has 0 fully saturated rings. The molecule has 0 saturated heterocycles. The predicted molar refractivity (Wildman–Crippen MR) is 102 cm³/mol. The average Bonchev–Trinajstić information content (AvgIpc) is 2.63. The van der Waals surface area contributed by atoms with Gasteiger partial charge in [-0.05, 0) is 34.9 Å². The van der Waals surface area contributed by atoms with Crippen molar-refractivity contribution in [3.8, 4) is 16.9 Å². The van der Waals surface area contributed by atoms with Crippen LogP contribution in [0.25, 0.3) is 17.2 Å². The van der Waals surface area contributed by atoms with Crippen LogP contribution in [0.2, 0.25) is 0 Å². The third-order valence-electron chi connectivity index (χ3n) is 3.36. The van der Waals surface area contributed by atoms with E-state index < -0.39 is 0 Å². The summed E-state index contributed by atoms with van der Waals surface area (Å²) in [6.45, 7) is 0. The van der Waals surface area contributed by atoms with E-state index in [0.29, 0.717) is 5.75 Å². The summed E-state index contributed by atoms with van der Waals surface area (Å²) in [5.74, 6) is 0.692. The summed E-state index contributed by atoms with van der Waals surface area (Å²) in [4.78, 5) is 9.47. The van der Waals surface area contributed by atoms with Gasteiger partial charge in [-0.1, -0.05) is 82.7 Å². The zero-order chi connectivity index (χ0) is 16.8. The van der Waals surface area contributed by atoms with Crippen LogP contribution in [0.1, 0.15) is 5.56 Å². The Labute approximate surface area is 154 Å². The lowest BCUT2D eigenvalue weighted by atomic mass is 10.1. The first kappa shape index (κ1) is 16.6. The van der Waals surface area contributed by atoms with E-state index in [4.69, 9.17) is 16.5 Å². The van der Waals surface area contributed by atoms with Gasteiger partial charge in [-0.15, -0.1) is 0 Å². The van der Waals surface area contributed by atoms with Crippen molar-refractivity contribution in [1.82, 2.24) is 0 Å². The Balaban J connectivity index is 0.000000143. The molecule has 3 aromatic rings. The molecule has 0 radical (unpaired) electrons. The van der Waals surface area contributed by atoms with Crippen molar-refractivity contribution in [1.29, 1.82) is 0 Å². The first-order valence-electron chi connectivity index (χ1n) is 7.35. The number of benzene rings is 3. The zero-order valence-electron chi connectivity index (χ0n) is 12.7. The first-order chi connectivity index (χ1) is 11.7. The molecule has 2 nitrogen and oxygen atoms in total. The van der Waals surface area contributed by atoms with Crippen LogP contribution in [0.3, 0.4) is 0 Å². The maximum Gasteiger partial charge on any atom is 0.245 e. The number of hydrogen-bond acceptors (Lipinski definition) is 2. The van der Waals surface area contributed by atoms with E-state index >= 15 is 0 Å². The minimum Gasteiger partial charge on any atom is -0.288 e. The van der Waals surface area contributed by atoms with Crippen LogP contribution in [-0.2, 0) is 4.89 Å². The lowest BCUT2D eigenvalue weighted by molar-refractivity contribution is -0.157. The normalized spacial score (nSPS) is 11.8. The largest absolute Gasteiger partial charge is 0.288 e. The third kappa shape index (κ3) is 4.19. The fourth-order valence-electron chi connectivity index (χ4n) is 2.22. The van der Waals surface area contributed by atoms with E-state index in [2.05, 4.69) is 57.2 Å². The summed E-state index contributed by atoms with van der Waals surface area (Å²) < 4.78 is 1.14. The molecule has 3 aromatic carbocycles. The Morgan fingerprint density at radius 1 is 0.708 bits per heavy atom. The SMILES string of the molecule is Brc1ccccc1-c1ccccc1.ClC1=Cc2ccccc2OO1. The molecule has 0 amide bonds. The predicted octanol–water partition coefficient (Wildman–Crippen LogP) is 6.66. The summed E-state index contributed by atoms with van der Waals surface area (Å²) in [6.07, 6.45) is 1.71. The maximum absolute atomic E-state index is 5.56. The highest BCUT2D eigenvalue weighted by molar-refractivity contribution is 9.10. The summed E-state index contributed by atoms with van der Waals surface area (Å²) in [6, 6.07) is 26.1. The molecule has 24 heavy (non-hydrogen) atoms. The summed E-state index contributed by atoms with van der Waals surface area (Å²) >= 11 is 9.09. The topological polar surface area (TPSA) is 18.5 Å². The van der Waals surface area contributed by atoms with E-state index in [1.165, 1.54) is 11.1 Å². The van der Waals surface area contributed by atoms with Crippen molar-refractivity contribution in [3.05, 3.63) is 94.1 Å². The molecule has 4 rings (SSSR count). The fourth-order valence-corrected chi connectivity index (χ4v) is 2.88. The highest BCUT2D eigenvalue weighted by atomic mass is 79.9. The van der Waals surface area contributed by atoms with Gasteiger partial charge in [0.15, 0.2) is 5.75 Å². The number of para-hydroxylation sites is 1. The van der Waals surface area contributed by atoms with Crippen molar-refractivity contribution in [3.63, 3.8) is 0 Å². The smallest absolute Gasteiger partial charge is 0.245 e. The average molecular weight is 402 g/mol. The molecular formula is C20H14BrClO2. The Hall–Kier alpha value is -2.23. The van der Waals surface area contributed by atoms with E-state index in [1.807, 2.05) is 42.5 Å². The second-order valence-electron chi connectivity index (χ2n) is 5.00. The minimum absolute atomic E-state index is 0.253. The van der Waals surface area contributed by atoms with E-state index in [-0.39, 0.29) is 5.22 Å². The van der Waals surface area contributed by atoms with Gasteiger partial charge in [-0.25, -0.2) is 0 Å². The van der Waals surface area contributed by atoms with Crippen LogP contribution in [0.15, 0.2) is 88.6 Å². The molecule has 120 valence electrons. The molecule has 1 aliphatic heterocycles. The van der Waals surface area contributed by atoms with Gasteiger partial charge in [0.2, 0.25) is 5.22 Å². The second-order valence-corrected chi connectivity index (χ2v) is 6.23. The van der Waals surface area contributed by atoms with E-state index in [0.717, 1.165) is 10.0 Å². The van der Waals surface area contributed by atoms with Crippen molar-refractivity contribution < 1.29 is 9.78 Å². The molecule has 1 heterocycles. The summed E-state index contributed by atoms with van der Waals surface area (Å²) in [7, 11) is 0. The van der Waals surface area contributed by atoms with Gasteiger partial charge in [0.25, 0.3) is 0 Å². The van der Waals surface area contributed by atoms with Crippen molar-refractivity contribution in [2.75, 3.05) is 0 Å². The van der Waals surface area contributed by atoms with E-state index in [9.17, 15) is 0 Å². The molecule has 0 aliphatic carbocycles. The van der Waals surface area contributed by atoms with Crippen LogP contribution in [0, 0.1) is 0 Å². The van der Waals surface area contributed by atoms with Crippen molar-refractivity contribution in [2.24, 2.45) is 0 Å². The van der Waals surface area contributed by atoms with Crippen LogP contribution >= 0.6 is 27.5 Å². The molecule has 0 atom stereocenters. The first-order valence-corrected chi connectivity index (χ1v) is 8.52. The quantitative estimate of drug-likeness (QED) is 0.424. The highest BCUT2D eigenvalue weighted by Crippen LogP contribution is 2.28. The number of halogens is 2. The molecule has 0 saturated carbocycles. The van der Waals surface area contributed by atoms with Crippen LogP contribution < -0.4 is 4.89 Å².